The van der Waals surface area contributed by atoms with Crippen molar-refractivity contribution in [3.63, 3.8) is 0 Å². The van der Waals surface area contributed by atoms with Crippen molar-refractivity contribution in [3.05, 3.63) is 64.8 Å². The van der Waals surface area contributed by atoms with Crippen molar-refractivity contribution >= 4 is 40.2 Å². The number of aromatic nitrogens is 1. The Hall–Kier alpha value is -1.71. The number of benzene rings is 2. The first kappa shape index (κ1) is 16.7. The average molecular weight is 370 g/mol. The van der Waals surface area contributed by atoms with Crippen LogP contribution < -0.4 is 0 Å². The van der Waals surface area contributed by atoms with Crippen molar-refractivity contribution in [2.75, 3.05) is 0 Å². The van der Waals surface area contributed by atoms with Gasteiger partial charge >= 0.3 is 0 Å². The van der Waals surface area contributed by atoms with E-state index in [9.17, 15) is 4.79 Å². The van der Waals surface area contributed by atoms with Crippen molar-refractivity contribution in [3.8, 4) is 0 Å². The molecule has 0 fully saturated rings. The molecule has 2 nitrogen and oxygen atoms in total. The molecule has 128 valence electrons. The standard InChI is InChI=1S/C21H20ClNOS/c1-14(25-16-12-10-15(22)11-13-16)21(24)23-19-8-4-2-6-17(19)18-7-3-5-9-20(18)23/h2,4,6,8,10-14H,3,5,7,9H2,1H3. The van der Waals surface area contributed by atoms with Crippen LogP contribution in [0.3, 0.4) is 0 Å². The molecular weight excluding hydrogens is 350 g/mol. The summed E-state index contributed by atoms with van der Waals surface area (Å²) in [6.07, 6.45) is 4.45. The fourth-order valence-electron chi connectivity index (χ4n) is 3.70. The van der Waals surface area contributed by atoms with Crippen molar-refractivity contribution in [2.24, 2.45) is 0 Å². The fourth-order valence-corrected chi connectivity index (χ4v) is 4.73. The van der Waals surface area contributed by atoms with E-state index in [1.165, 1.54) is 23.1 Å². The van der Waals surface area contributed by atoms with E-state index < -0.39 is 0 Å². The molecule has 0 aliphatic heterocycles. The summed E-state index contributed by atoms with van der Waals surface area (Å²) in [4.78, 5) is 14.3. The minimum atomic E-state index is -0.150. The van der Waals surface area contributed by atoms with Gasteiger partial charge in [-0.25, -0.2) is 0 Å². The lowest BCUT2D eigenvalue weighted by Gasteiger charge is -2.18. The molecule has 1 atom stereocenters. The molecule has 0 amide bonds. The summed E-state index contributed by atoms with van der Waals surface area (Å²) in [5, 5.41) is 1.81. The minimum Gasteiger partial charge on any atom is -0.283 e. The average Bonchev–Trinajstić information content (AvgIpc) is 2.97. The van der Waals surface area contributed by atoms with Gasteiger partial charge in [0.25, 0.3) is 0 Å². The van der Waals surface area contributed by atoms with Crippen molar-refractivity contribution < 1.29 is 4.79 Å². The van der Waals surface area contributed by atoms with E-state index in [1.807, 2.05) is 41.8 Å². The zero-order chi connectivity index (χ0) is 17.4. The van der Waals surface area contributed by atoms with Gasteiger partial charge in [0.05, 0.1) is 10.8 Å². The van der Waals surface area contributed by atoms with Gasteiger partial charge in [0.1, 0.15) is 0 Å². The maximum atomic E-state index is 13.3. The zero-order valence-electron chi connectivity index (χ0n) is 14.2. The quantitative estimate of drug-likeness (QED) is 0.528. The Bertz CT molecular complexity index is 929. The van der Waals surface area contributed by atoms with Crippen LogP contribution in [0, 0.1) is 0 Å². The van der Waals surface area contributed by atoms with Gasteiger partial charge in [0, 0.05) is 21.0 Å². The second-order valence-corrected chi connectivity index (χ2v) is 8.39. The zero-order valence-corrected chi connectivity index (χ0v) is 15.7. The summed E-state index contributed by atoms with van der Waals surface area (Å²) in [7, 11) is 0. The molecule has 1 aliphatic carbocycles. The molecule has 0 spiro atoms. The number of hydrogen-bond donors (Lipinski definition) is 0. The lowest BCUT2D eigenvalue weighted by molar-refractivity contribution is 0.0917. The Labute approximate surface area is 157 Å². The van der Waals surface area contributed by atoms with Crippen LogP contribution in [-0.2, 0) is 12.8 Å². The van der Waals surface area contributed by atoms with Gasteiger partial charge in [-0.3, -0.25) is 9.36 Å². The molecule has 1 aromatic heterocycles. The van der Waals surface area contributed by atoms with Crippen LogP contribution in [0.4, 0.5) is 0 Å². The summed E-state index contributed by atoms with van der Waals surface area (Å²) < 4.78 is 1.98. The van der Waals surface area contributed by atoms with Crippen LogP contribution in [0.25, 0.3) is 10.9 Å². The first-order chi connectivity index (χ1) is 12.1. The van der Waals surface area contributed by atoms with Crippen LogP contribution >= 0.6 is 23.4 Å². The van der Waals surface area contributed by atoms with Gasteiger partial charge in [-0.15, -0.1) is 11.8 Å². The second kappa shape index (κ2) is 6.89. The highest BCUT2D eigenvalue weighted by Crippen LogP contribution is 2.34. The molecule has 0 saturated heterocycles. The van der Waals surface area contributed by atoms with E-state index in [2.05, 4.69) is 18.2 Å². The van der Waals surface area contributed by atoms with Crippen molar-refractivity contribution in [1.82, 2.24) is 4.57 Å². The largest absolute Gasteiger partial charge is 0.283 e. The molecular formula is C21H20ClNOS. The van der Waals surface area contributed by atoms with E-state index in [0.29, 0.717) is 5.02 Å². The summed E-state index contributed by atoms with van der Waals surface area (Å²) in [5.74, 6) is 0.166. The molecule has 0 bridgehead atoms. The highest BCUT2D eigenvalue weighted by Gasteiger charge is 2.26. The highest BCUT2D eigenvalue weighted by molar-refractivity contribution is 8.00. The number of aryl methyl sites for hydroxylation is 1. The third-order valence-electron chi connectivity index (χ3n) is 4.87. The molecule has 4 rings (SSSR count). The molecule has 2 aromatic carbocycles. The number of halogens is 1. The maximum Gasteiger partial charge on any atom is 0.244 e. The van der Waals surface area contributed by atoms with E-state index in [-0.39, 0.29) is 11.2 Å². The second-order valence-electron chi connectivity index (χ2n) is 6.54. The third kappa shape index (κ3) is 3.11. The van der Waals surface area contributed by atoms with Gasteiger partial charge in [-0.2, -0.15) is 0 Å². The van der Waals surface area contributed by atoms with Gasteiger partial charge < -0.3 is 0 Å². The Morgan fingerprint density at radius 3 is 2.60 bits per heavy atom. The van der Waals surface area contributed by atoms with Crippen molar-refractivity contribution in [2.45, 2.75) is 42.8 Å². The Balaban J connectivity index is 1.71. The lowest BCUT2D eigenvalue weighted by atomic mass is 9.95. The Kier molecular flexibility index (Phi) is 4.61. The SMILES string of the molecule is CC(Sc1ccc(Cl)cc1)C(=O)n1c2c(c3ccccc31)CCCC2. The first-order valence-corrected chi connectivity index (χ1v) is 9.98. The topological polar surface area (TPSA) is 22.0 Å². The predicted molar refractivity (Wildman–Crippen MR) is 106 cm³/mol. The number of fused-ring (bicyclic) bond motifs is 3. The molecule has 3 aromatic rings. The van der Waals surface area contributed by atoms with E-state index in [1.54, 1.807) is 11.8 Å². The highest BCUT2D eigenvalue weighted by atomic mass is 35.5. The van der Waals surface area contributed by atoms with Gasteiger partial charge in [-0.1, -0.05) is 29.8 Å². The normalized spacial score (nSPS) is 15.1. The molecule has 0 radical (unpaired) electrons. The summed E-state index contributed by atoms with van der Waals surface area (Å²) in [6.45, 7) is 1.99. The maximum absolute atomic E-state index is 13.3. The Morgan fingerprint density at radius 2 is 1.80 bits per heavy atom. The van der Waals surface area contributed by atoms with E-state index >= 15 is 0 Å². The van der Waals surface area contributed by atoms with E-state index in [4.69, 9.17) is 11.6 Å². The summed E-state index contributed by atoms with van der Waals surface area (Å²) >= 11 is 7.55. The molecule has 1 aliphatic rings. The van der Waals surface area contributed by atoms with Crippen LogP contribution in [0.15, 0.2) is 53.4 Å². The van der Waals surface area contributed by atoms with Crippen LogP contribution in [0.1, 0.15) is 35.8 Å². The first-order valence-electron chi connectivity index (χ1n) is 8.73. The minimum absolute atomic E-state index is 0.150. The molecule has 1 unspecified atom stereocenters. The van der Waals surface area contributed by atoms with Crippen LogP contribution in [0.2, 0.25) is 5.02 Å². The third-order valence-corrected chi connectivity index (χ3v) is 6.22. The number of nitrogens with zero attached hydrogens (tertiary/aromatic N) is 1. The van der Waals surface area contributed by atoms with Crippen LogP contribution in [-0.4, -0.2) is 15.7 Å². The fraction of sp³-hybridized carbons (Fsp3) is 0.286. The van der Waals surface area contributed by atoms with Gasteiger partial charge in [0.15, 0.2) is 0 Å². The number of carbonyl (C=O) groups excluding carboxylic acids is 1. The monoisotopic (exact) mass is 369 g/mol. The predicted octanol–water partition coefficient (Wildman–Crippen LogP) is 5.99. The van der Waals surface area contributed by atoms with Crippen molar-refractivity contribution in [1.29, 1.82) is 0 Å². The summed E-state index contributed by atoms with van der Waals surface area (Å²) in [5.41, 5.74) is 3.66. The number of carbonyl (C=O) groups is 1. The molecule has 0 saturated carbocycles. The molecule has 4 heteroatoms. The van der Waals surface area contributed by atoms with Crippen LogP contribution in [0.5, 0.6) is 0 Å². The number of thioether (sulfide) groups is 1. The van der Waals surface area contributed by atoms with Gasteiger partial charge in [0.2, 0.25) is 5.91 Å². The van der Waals surface area contributed by atoms with E-state index in [0.717, 1.165) is 29.7 Å². The number of para-hydroxylation sites is 1. The van der Waals surface area contributed by atoms with Gasteiger partial charge in [-0.05, 0) is 68.5 Å². The molecule has 0 N–H and O–H groups in total. The Morgan fingerprint density at radius 1 is 1.08 bits per heavy atom. The smallest absolute Gasteiger partial charge is 0.244 e. The summed E-state index contributed by atoms with van der Waals surface area (Å²) in [6, 6.07) is 16.0. The lowest BCUT2D eigenvalue weighted by Crippen LogP contribution is -2.24. The number of rotatable bonds is 3. The number of hydrogen-bond acceptors (Lipinski definition) is 2. The molecule has 1 heterocycles. The molecule has 25 heavy (non-hydrogen) atoms.